The maximum absolute atomic E-state index is 10.8. The molecule has 0 aliphatic heterocycles. The number of aromatic nitrogens is 1. The third-order valence-corrected chi connectivity index (χ3v) is 2.84. The number of carboxylic acids is 1. The molecule has 0 amide bonds. The van der Waals surface area contributed by atoms with Gasteiger partial charge in [0.15, 0.2) is 6.20 Å². The number of nitrogens with zero attached hydrogens (tertiary/aromatic N) is 1. The van der Waals surface area contributed by atoms with Crippen LogP contribution >= 0.6 is 0 Å². The molecule has 0 spiro atoms. The maximum atomic E-state index is 10.8. The van der Waals surface area contributed by atoms with Crippen LogP contribution < -0.4 is 21.7 Å². The van der Waals surface area contributed by atoms with Crippen molar-refractivity contribution in [2.24, 2.45) is 0 Å². The number of hydrogen-bond donors (Lipinski definition) is 1. The van der Waals surface area contributed by atoms with Gasteiger partial charge in [-0.2, -0.15) is 4.57 Å². The summed E-state index contributed by atoms with van der Waals surface area (Å²) in [7, 11) is 1.63. The molecule has 0 aliphatic carbocycles. The Morgan fingerprint density at radius 3 is 2.52 bits per heavy atom. The first kappa shape index (κ1) is 16.7. The minimum absolute atomic E-state index is 0. The fourth-order valence-corrected chi connectivity index (χ4v) is 1.83. The van der Waals surface area contributed by atoms with E-state index in [2.05, 4.69) is 0 Å². The van der Waals surface area contributed by atoms with Crippen LogP contribution in [0.4, 0.5) is 0 Å². The van der Waals surface area contributed by atoms with Crippen molar-refractivity contribution in [1.29, 1.82) is 0 Å². The molecule has 1 N–H and O–H groups in total. The highest BCUT2D eigenvalue weighted by Gasteiger charge is 2.10. The fraction of sp³-hybridized carbons (Fsp3) is 0.125. The van der Waals surface area contributed by atoms with Crippen LogP contribution in [0.2, 0.25) is 0 Å². The Hall–Kier alpha value is -2.33. The predicted molar refractivity (Wildman–Crippen MR) is 76.2 cm³/mol. The number of hydrogen-bond acceptors (Lipinski definition) is 2. The van der Waals surface area contributed by atoms with Crippen LogP contribution in [-0.2, 0) is 11.3 Å². The van der Waals surface area contributed by atoms with Gasteiger partial charge in [0, 0.05) is 18.2 Å². The largest absolute Gasteiger partial charge is 1.00 e. The van der Waals surface area contributed by atoms with E-state index in [9.17, 15) is 4.79 Å². The molecule has 0 radical (unpaired) electrons. The average Bonchev–Trinajstić information content (AvgIpc) is 2.46. The van der Waals surface area contributed by atoms with Crippen molar-refractivity contribution in [3.63, 3.8) is 0 Å². The molecule has 4 nitrogen and oxygen atoms in total. The van der Waals surface area contributed by atoms with Crippen LogP contribution in [0.25, 0.3) is 12.2 Å². The van der Waals surface area contributed by atoms with Gasteiger partial charge in [-0.3, -0.25) is 0 Å². The van der Waals surface area contributed by atoms with Crippen LogP contribution in [0.15, 0.2) is 48.7 Å². The minimum atomic E-state index is -0.861. The molecule has 0 bridgehead atoms. The van der Waals surface area contributed by atoms with Crippen molar-refractivity contribution in [3.8, 4) is 5.75 Å². The Labute approximate surface area is 129 Å². The van der Waals surface area contributed by atoms with E-state index >= 15 is 0 Å². The molecule has 1 aromatic heterocycles. The number of aliphatic carboxylic acids is 1. The Balaban J connectivity index is 0.00000220. The standard InChI is InChI=1S/C16H15NO3.ClH/c1-20-15-9-6-13(7-10-15)5-8-14-4-2-3-11-17(14)12-16(18)19;/h2-11H,12H2,1H3;1H/b8-5+;. The lowest BCUT2D eigenvalue weighted by Gasteiger charge is -1.99. The molecule has 0 saturated heterocycles. The molecule has 2 rings (SSSR count). The third kappa shape index (κ3) is 4.93. The van der Waals surface area contributed by atoms with Gasteiger partial charge in [0.1, 0.15) is 5.75 Å². The summed E-state index contributed by atoms with van der Waals surface area (Å²) < 4.78 is 6.78. The molecular weight excluding hydrogens is 290 g/mol. The summed E-state index contributed by atoms with van der Waals surface area (Å²) >= 11 is 0. The zero-order chi connectivity index (χ0) is 14.4. The molecule has 0 fully saturated rings. The normalized spacial score (nSPS) is 10.1. The first-order chi connectivity index (χ1) is 9.69. The van der Waals surface area contributed by atoms with Crippen molar-refractivity contribution in [2.75, 3.05) is 7.11 Å². The van der Waals surface area contributed by atoms with E-state index in [-0.39, 0.29) is 19.0 Å². The highest BCUT2D eigenvalue weighted by Crippen LogP contribution is 2.13. The second-order valence-electron chi connectivity index (χ2n) is 4.25. The van der Waals surface area contributed by atoms with Crippen LogP contribution in [0.5, 0.6) is 5.75 Å². The van der Waals surface area contributed by atoms with E-state index in [1.165, 1.54) is 0 Å². The lowest BCUT2D eigenvalue weighted by molar-refractivity contribution is -0.687. The van der Waals surface area contributed by atoms with Gasteiger partial charge in [-0.1, -0.05) is 12.1 Å². The summed E-state index contributed by atoms with van der Waals surface area (Å²) in [5, 5.41) is 8.88. The Morgan fingerprint density at radius 2 is 1.90 bits per heavy atom. The van der Waals surface area contributed by atoms with Crippen molar-refractivity contribution in [1.82, 2.24) is 0 Å². The molecule has 110 valence electrons. The second kappa shape index (κ2) is 8.07. The molecule has 2 aromatic rings. The van der Waals surface area contributed by atoms with Gasteiger partial charge >= 0.3 is 5.97 Å². The molecule has 21 heavy (non-hydrogen) atoms. The van der Waals surface area contributed by atoms with E-state index < -0.39 is 5.97 Å². The average molecular weight is 306 g/mol. The summed E-state index contributed by atoms with van der Waals surface area (Å²) in [6, 6.07) is 13.2. The zero-order valence-electron chi connectivity index (χ0n) is 11.6. The number of pyridine rings is 1. The van der Waals surface area contributed by atoms with E-state index in [4.69, 9.17) is 9.84 Å². The smallest absolute Gasteiger partial charge is 0.370 e. The number of carbonyl (C=O) groups is 1. The fourth-order valence-electron chi connectivity index (χ4n) is 1.83. The number of halogens is 1. The van der Waals surface area contributed by atoms with Crippen molar-refractivity contribution < 1.29 is 31.6 Å². The summed E-state index contributed by atoms with van der Waals surface area (Å²) in [5.74, 6) is -0.0527. The molecule has 0 saturated carbocycles. The number of carboxylic acid groups (broad SMARTS) is 1. The molecule has 0 aliphatic rings. The van der Waals surface area contributed by atoms with Gasteiger partial charge in [-0.25, -0.2) is 4.79 Å². The van der Waals surface area contributed by atoms with Crippen LogP contribution in [0.1, 0.15) is 11.3 Å². The first-order valence-corrected chi connectivity index (χ1v) is 6.21. The molecule has 1 aromatic carbocycles. The second-order valence-corrected chi connectivity index (χ2v) is 4.25. The number of methoxy groups -OCH3 is 1. The van der Waals surface area contributed by atoms with Gasteiger partial charge < -0.3 is 22.3 Å². The van der Waals surface area contributed by atoms with Crippen LogP contribution in [-0.4, -0.2) is 18.2 Å². The van der Waals surface area contributed by atoms with Crippen LogP contribution in [0.3, 0.4) is 0 Å². The van der Waals surface area contributed by atoms with Gasteiger partial charge in [-0.05, 0) is 29.8 Å². The molecule has 0 unspecified atom stereocenters. The highest BCUT2D eigenvalue weighted by molar-refractivity contribution is 5.68. The Morgan fingerprint density at radius 1 is 1.19 bits per heavy atom. The minimum Gasteiger partial charge on any atom is -1.00 e. The molecular formula is C16H16ClNO3. The van der Waals surface area contributed by atoms with Gasteiger partial charge in [0.05, 0.1) is 7.11 Å². The number of rotatable bonds is 5. The van der Waals surface area contributed by atoms with Gasteiger partial charge in [0.2, 0.25) is 12.2 Å². The number of benzene rings is 1. The van der Waals surface area contributed by atoms with Crippen molar-refractivity contribution >= 4 is 18.1 Å². The molecule has 5 heteroatoms. The van der Waals surface area contributed by atoms with E-state index in [0.717, 1.165) is 17.0 Å². The van der Waals surface area contributed by atoms with Crippen molar-refractivity contribution in [3.05, 3.63) is 59.9 Å². The quantitative estimate of drug-likeness (QED) is 0.739. The SMILES string of the molecule is COc1ccc(/C=C/c2cccc[n+]2CC(=O)O)cc1.[Cl-]. The lowest BCUT2D eigenvalue weighted by atomic mass is 10.2. The highest BCUT2D eigenvalue weighted by atomic mass is 35.5. The van der Waals surface area contributed by atoms with Gasteiger partial charge in [0.25, 0.3) is 0 Å². The van der Waals surface area contributed by atoms with E-state index in [1.54, 1.807) is 17.9 Å². The Kier molecular flexibility index (Phi) is 6.43. The maximum Gasteiger partial charge on any atom is 0.370 e. The summed E-state index contributed by atoms with van der Waals surface area (Å²) in [6.07, 6.45) is 5.58. The molecule has 0 atom stereocenters. The van der Waals surface area contributed by atoms with Crippen LogP contribution in [0, 0.1) is 0 Å². The summed E-state index contributed by atoms with van der Waals surface area (Å²) in [4.78, 5) is 10.8. The predicted octanol–water partition coefficient (Wildman–Crippen LogP) is -0.758. The first-order valence-electron chi connectivity index (χ1n) is 6.21. The summed E-state index contributed by atoms with van der Waals surface area (Å²) in [5.41, 5.74) is 1.86. The van der Waals surface area contributed by atoms with Gasteiger partial charge in [-0.15, -0.1) is 0 Å². The third-order valence-electron chi connectivity index (χ3n) is 2.84. The Bertz CT molecular complexity index is 624. The zero-order valence-corrected chi connectivity index (χ0v) is 12.3. The topological polar surface area (TPSA) is 50.4 Å². The van der Waals surface area contributed by atoms with Crippen molar-refractivity contribution in [2.45, 2.75) is 6.54 Å². The lowest BCUT2D eigenvalue weighted by Crippen LogP contribution is -3.00. The molecule has 1 heterocycles. The van der Waals surface area contributed by atoms with E-state index in [1.807, 2.05) is 54.6 Å². The summed E-state index contributed by atoms with van der Waals surface area (Å²) in [6.45, 7) is -0.0525. The number of ether oxygens (including phenoxy) is 1. The van der Waals surface area contributed by atoms with E-state index in [0.29, 0.717) is 0 Å². The monoisotopic (exact) mass is 305 g/mol.